The van der Waals surface area contributed by atoms with E-state index in [-0.39, 0.29) is 0 Å². The first-order chi connectivity index (χ1) is 13.5. The number of nitrogens with one attached hydrogen (secondary N) is 1. The number of aliphatic hydroxyl groups is 3. The Bertz CT molecular complexity index is 792. The maximum Gasteiger partial charge on any atom is 0.229 e. The Labute approximate surface area is 165 Å². The number of aliphatic hydroxyl groups excluding tert-OH is 3. The summed E-state index contributed by atoms with van der Waals surface area (Å²) < 4.78 is 11.5. The number of likely N-dealkylation sites (N-methyl/N-ethyl adjacent to an activating group) is 1. The van der Waals surface area contributed by atoms with Crippen LogP contribution in [0.2, 0.25) is 0 Å². The lowest BCUT2D eigenvalue weighted by Crippen LogP contribution is -2.58. The van der Waals surface area contributed by atoms with E-state index in [1.54, 1.807) is 6.92 Å². The Kier molecular flexibility index (Phi) is 6.74. The molecule has 1 aromatic heterocycles. The minimum absolute atomic E-state index is 0.570. The quantitative estimate of drug-likeness (QED) is 0.509. The molecule has 0 spiro atoms. The molecule has 154 valence electrons. The summed E-state index contributed by atoms with van der Waals surface area (Å²) in [5, 5.41) is 31.1. The zero-order valence-electron chi connectivity index (χ0n) is 16.4. The van der Waals surface area contributed by atoms with Gasteiger partial charge in [0.05, 0.1) is 6.10 Å². The summed E-state index contributed by atoms with van der Waals surface area (Å²) >= 11 is 0. The Hall–Kier alpha value is -1.90. The van der Waals surface area contributed by atoms with Crippen molar-refractivity contribution in [2.24, 2.45) is 0 Å². The third-order valence-electron chi connectivity index (χ3n) is 5.33. The molecule has 2 heterocycles. The molecule has 1 aromatic carbocycles. The lowest BCUT2D eigenvalue weighted by molar-refractivity contribution is -0.267. The minimum Gasteiger partial charge on any atom is -0.461 e. The van der Waals surface area contributed by atoms with Gasteiger partial charge in [0.2, 0.25) is 6.29 Å². The van der Waals surface area contributed by atoms with Crippen LogP contribution in [0.5, 0.6) is 5.75 Å². The fourth-order valence-corrected chi connectivity index (χ4v) is 3.59. The van der Waals surface area contributed by atoms with Crippen molar-refractivity contribution < 1.29 is 24.8 Å². The van der Waals surface area contributed by atoms with E-state index >= 15 is 0 Å². The molecule has 5 unspecified atom stereocenters. The van der Waals surface area contributed by atoms with Gasteiger partial charge in [0.1, 0.15) is 24.1 Å². The monoisotopic (exact) mass is 390 g/mol. The smallest absolute Gasteiger partial charge is 0.229 e. The molecule has 1 fully saturated rings. The van der Waals surface area contributed by atoms with Crippen LogP contribution in [0.15, 0.2) is 37.1 Å². The lowest BCUT2D eigenvalue weighted by Gasteiger charge is -2.39. The predicted octanol–water partition coefficient (Wildman–Crippen LogP) is 1.42. The molecule has 4 N–H and O–H groups in total. The van der Waals surface area contributed by atoms with Crippen molar-refractivity contribution in [1.82, 2.24) is 9.88 Å². The maximum absolute atomic E-state index is 10.3. The van der Waals surface area contributed by atoms with Gasteiger partial charge in [0.15, 0.2) is 0 Å². The van der Waals surface area contributed by atoms with Gasteiger partial charge < -0.3 is 29.8 Å². The number of fused-ring (bicyclic) bond motifs is 1. The van der Waals surface area contributed by atoms with Crippen molar-refractivity contribution in [3.63, 3.8) is 0 Å². The molecule has 28 heavy (non-hydrogen) atoms. The first kappa shape index (κ1) is 20.8. The van der Waals surface area contributed by atoms with Gasteiger partial charge in [-0.05, 0) is 37.6 Å². The highest BCUT2D eigenvalue weighted by molar-refractivity contribution is 5.89. The second-order valence-corrected chi connectivity index (χ2v) is 7.22. The van der Waals surface area contributed by atoms with Crippen LogP contribution in [0.3, 0.4) is 0 Å². The van der Waals surface area contributed by atoms with Gasteiger partial charge in [-0.2, -0.15) is 0 Å². The summed E-state index contributed by atoms with van der Waals surface area (Å²) in [4.78, 5) is 5.56. The first-order valence-electron chi connectivity index (χ1n) is 9.74. The van der Waals surface area contributed by atoms with Crippen molar-refractivity contribution in [2.45, 2.75) is 51.0 Å². The third-order valence-corrected chi connectivity index (χ3v) is 5.33. The highest BCUT2D eigenvalue weighted by Gasteiger charge is 2.43. The molecule has 7 heteroatoms. The predicted molar refractivity (Wildman–Crippen MR) is 107 cm³/mol. The number of aromatic amines is 1. The molecular weight excluding hydrogens is 360 g/mol. The largest absolute Gasteiger partial charge is 0.461 e. The molecular formula is C21H30N2O5. The van der Waals surface area contributed by atoms with Crippen molar-refractivity contribution in [1.29, 1.82) is 0 Å². The minimum atomic E-state index is -1.34. The van der Waals surface area contributed by atoms with E-state index in [1.165, 1.54) is 0 Å². The van der Waals surface area contributed by atoms with Crippen molar-refractivity contribution in [3.8, 4) is 5.75 Å². The van der Waals surface area contributed by atoms with E-state index < -0.39 is 30.7 Å². The summed E-state index contributed by atoms with van der Waals surface area (Å²) in [5.74, 6) is 0.570. The van der Waals surface area contributed by atoms with Crippen LogP contribution in [0, 0.1) is 0 Å². The summed E-state index contributed by atoms with van der Waals surface area (Å²) in [5.41, 5.74) is 2.03. The maximum atomic E-state index is 10.3. The highest BCUT2D eigenvalue weighted by atomic mass is 16.7. The number of hydrogen-bond acceptors (Lipinski definition) is 6. The number of hydrogen-bond donors (Lipinski definition) is 4. The zero-order valence-corrected chi connectivity index (χ0v) is 16.4. The molecule has 7 nitrogen and oxygen atoms in total. The van der Waals surface area contributed by atoms with E-state index in [1.807, 2.05) is 30.5 Å². The van der Waals surface area contributed by atoms with Crippen LogP contribution in [-0.2, 0) is 11.2 Å². The van der Waals surface area contributed by atoms with Gasteiger partial charge >= 0.3 is 0 Å². The van der Waals surface area contributed by atoms with Gasteiger partial charge in [0, 0.05) is 30.2 Å². The molecule has 3 rings (SSSR count). The fraction of sp³-hybridized carbons (Fsp3) is 0.524. The molecule has 0 amide bonds. The van der Waals surface area contributed by atoms with Crippen LogP contribution in [-0.4, -0.2) is 75.5 Å². The average molecular weight is 390 g/mol. The second kappa shape index (κ2) is 9.07. The van der Waals surface area contributed by atoms with Gasteiger partial charge in [-0.15, -0.1) is 6.58 Å². The number of ether oxygens (including phenoxy) is 2. The van der Waals surface area contributed by atoms with E-state index in [2.05, 4.69) is 23.4 Å². The molecule has 0 bridgehead atoms. The summed E-state index contributed by atoms with van der Waals surface area (Å²) in [6.07, 6.45) is -0.830. The molecule has 1 aliphatic rings. The topological polar surface area (TPSA) is 98.2 Å². The van der Waals surface area contributed by atoms with E-state index in [0.29, 0.717) is 5.75 Å². The van der Waals surface area contributed by atoms with Crippen LogP contribution < -0.4 is 4.74 Å². The fourth-order valence-electron chi connectivity index (χ4n) is 3.59. The van der Waals surface area contributed by atoms with Crippen molar-refractivity contribution >= 4 is 10.9 Å². The molecule has 2 aromatic rings. The van der Waals surface area contributed by atoms with Gasteiger partial charge in [0.25, 0.3) is 0 Å². The third kappa shape index (κ3) is 4.24. The summed E-state index contributed by atoms with van der Waals surface area (Å²) in [7, 11) is 0. The van der Waals surface area contributed by atoms with E-state index in [0.717, 1.165) is 42.5 Å². The van der Waals surface area contributed by atoms with Gasteiger partial charge in [-0.1, -0.05) is 19.1 Å². The number of rotatable bonds is 8. The van der Waals surface area contributed by atoms with Crippen molar-refractivity contribution in [2.75, 3.05) is 19.6 Å². The van der Waals surface area contributed by atoms with Gasteiger partial charge in [-0.25, -0.2) is 0 Å². The molecule has 0 radical (unpaired) electrons. The highest BCUT2D eigenvalue weighted by Crippen LogP contribution is 2.32. The Morgan fingerprint density at radius 1 is 1.25 bits per heavy atom. The molecule has 5 atom stereocenters. The number of aromatic nitrogens is 1. The SMILES string of the molecule is C=CCN(CC)CCc1c[nH]c2cccc(OC3OC(C)C(O)C(O)C3O)c12. The average Bonchev–Trinajstić information content (AvgIpc) is 3.11. The number of benzene rings is 1. The summed E-state index contributed by atoms with van der Waals surface area (Å²) in [6.45, 7) is 10.2. The van der Waals surface area contributed by atoms with Crippen LogP contribution in [0.4, 0.5) is 0 Å². The molecule has 1 saturated heterocycles. The van der Waals surface area contributed by atoms with E-state index in [4.69, 9.17) is 9.47 Å². The van der Waals surface area contributed by atoms with Crippen LogP contribution >= 0.6 is 0 Å². The Morgan fingerprint density at radius 3 is 2.75 bits per heavy atom. The molecule has 0 saturated carbocycles. The molecule has 1 aliphatic heterocycles. The molecule has 0 aliphatic carbocycles. The lowest BCUT2D eigenvalue weighted by atomic mass is 10.00. The Morgan fingerprint density at radius 2 is 2.04 bits per heavy atom. The normalized spacial score (nSPS) is 28.0. The summed E-state index contributed by atoms with van der Waals surface area (Å²) in [6, 6.07) is 5.64. The second-order valence-electron chi connectivity index (χ2n) is 7.22. The zero-order chi connectivity index (χ0) is 20.3. The first-order valence-corrected chi connectivity index (χ1v) is 9.74. The van der Waals surface area contributed by atoms with Crippen LogP contribution in [0.1, 0.15) is 19.4 Å². The Balaban J connectivity index is 1.82. The van der Waals surface area contributed by atoms with Crippen molar-refractivity contribution in [3.05, 3.63) is 42.6 Å². The number of H-pyrrole nitrogens is 1. The van der Waals surface area contributed by atoms with Gasteiger partial charge in [-0.3, -0.25) is 4.90 Å². The number of nitrogens with zero attached hydrogens (tertiary/aromatic N) is 1. The van der Waals surface area contributed by atoms with Crippen LogP contribution in [0.25, 0.3) is 10.9 Å². The van der Waals surface area contributed by atoms with E-state index in [9.17, 15) is 15.3 Å². The standard InChI is InChI=1S/C21H30N2O5/c1-4-10-23(5-2)11-9-14-12-22-15-7-6-8-16(17(14)15)28-21-20(26)19(25)18(24)13(3)27-21/h4,6-8,12-13,18-22,24-26H,1,5,9-11H2,2-3H3.